The number of rotatable bonds is 3. The summed E-state index contributed by atoms with van der Waals surface area (Å²) in [5, 5.41) is 4.36. The van der Waals surface area contributed by atoms with Gasteiger partial charge in [0, 0.05) is 18.7 Å². The SMILES string of the molecule is Cc1c(C(=O)N2CCC(C3CC3)CC2)cnn1-c1nc2c(c(=O)[nH]1)CCC2. The van der Waals surface area contributed by atoms with Crippen LogP contribution < -0.4 is 5.56 Å². The van der Waals surface area contributed by atoms with E-state index in [1.807, 2.05) is 11.8 Å². The Hall–Kier alpha value is -2.44. The van der Waals surface area contributed by atoms with Gasteiger partial charge < -0.3 is 4.90 Å². The third-order valence-electron chi connectivity index (χ3n) is 6.49. The molecule has 3 aliphatic rings. The molecular formula is C20H25N5O2. The first kappa shape index (κ1) is 16.7. The van der Waals surface area contributed by atoms with Gasteiger partial charge in [0.1, 0.15) is 0 Å². The van der Waals surface area contributed by atoms with Crippen molar-refractivity contribution < 1.29 is 4.79 Å². The third-order valence-corrected chi connectivity index (χ3v) is 6.49. The van der Waals surface area contributed by atoms with Gasteiger partial charge >= 0.3 is 0 Å². The van der Waals surface area contributed by atoms with E-state index in [9.17, 15) is 9.59 Å². The van der Waals surface area contributed by atoms with E-state index in [0.717, 1.165) is 74.0 Å². The van der Waals surface area contributed by atoms with Crippen LogP contribution in [0.3, 0.4) is 0 Å². The number of aryl methyl sites for hydroxylation is 1. The number of amides is 1. The molecule has 1 amide bonds. The zero-order chi connectivity index (χ0) is 18.5. The highest BCUT2D eigenvalue weighted by Gasteiger charge is 2.35. The summed E-state index contributed by atoms with van der Waals surface area (Å²) in [4.78, 5) is 34.6. The molecule has 2 aliphatic carbocycles. The Balaban J connectivity index is 1.38. The van der Waals surface area contributed by atoms with Crippen LogP contribution in [0.25, 0.3) is 5.95 Å². The van der Waals surface area contributed by atoms with Crippen LogP contribution in [0.15, 0.2) is 11.0 Å². The van der Waals surface area contributed by atoms with Crippen LogP contribution in [0.5, 0.6) is 0 Å². The lowest BCUT2D eigenvalue weighted by Crippen LogP contribution is -2.39. The highest BCUT2D eigenvalue weighted by molar-refractivity contribution is 5.95. The Morgan fingerprint density at radius 1 is 1.15 bits per heavy atom. The highest BCUT2D eigenvalue weighted by Crippen LogP contribution is 2.41. The molecule has 1 saturated heterocycles. The predicted octanol–water partition coefficient (Wildman–Crippen LogP) is 2.01. The van der Waals surface area contributed by atoms with Crippen molar-refractivity contribution in [3.8, 4) is 5.95 Å². The molecule has 7 nitrogen and oxygen atoms in total. The van der Waals surface area contributed by atoms with E-state index in [4.69, 9.17) is 0 Å². The van der Waals surface area contributed by atoms with E-state index in [0.29, 0.717) is 11.5 Å². The number of piperidine rings is 1. The summed E-state index contributed by atoms with van der Waals surface area (Å²) in [6, 6.07) is 0. The van der Waals surface area contributed by atoms with E-state index >= 15 is 0 Å². The van der Waals surface area contributed by atoms with Gasteiger partial charge in [0.2, 0.25) is 5.95 Å². The van der Waals surface area contributed by atoms with Gasteiger partial charge in [-0.2, -0.15) is 5.10 Å². The van der Waals surface area contributed by atoms with Crippen LogP contribution in [0.4, 0.5) is 0 Å². The lowest BCUT2D eigenvalue weighted by molar-refractivity contribution is 0.0680. The van der Waals surface area contributed by atoms with Crippen LogP contribution in [-0.4, -0.2) is 43.6 Å². The van der Waals surface area contributed by atoms with Gasteiger partial charge in [0.25, 0.3) is 11.5 Å². The second-order valence-corrected chi connectivity index (χ2v) is 8.19. The molecule has 2 aromatic heterocycles. The minimum atomic E-state index is -0.0857. The van der Waals surface area contributed by atoms with Crippen molar-refractivity contribution in [1.82, 2.24) is 24.6 Å². The molecule has 7 heteroatoms. The number of hydrogen-bond donors (Lipinski definition) is 1. The highest BCUT2D eigenvalue weighted by atomic mass is 16.2. The Bertz CT molecular complexity index is 948. The smallest absolute Gasteiger partial charge is 0.257 e. The Labute approximate surface area is 157 Å². The van der Waals surface area contributed by atoms with E-state index in [2.05, 4.69) is 15.1 Å². The van der Waals surface area contributed by atoms with Gasteiger partial charge in [-0.05, 0) is 63.7 Å². The molecule has 0 atom stereocenters. The third kappa shape index (κ3) is 2.89. The molecule has 0 aromatic carbocycles. The number of carbonyl (C=O) groups excluding carboxylic acids is 1. The minimum Gasteiger partial charge on any atom is -0.339 e. The number of H-pyrrole nitrogens is 1. The summed E-state index contributed by atoms with van der Waals surface area (Å²) < 4.78 is 1.59. The molecule has 27 heavy (non-hydrogen) atoms. The second kappa shape index (κ2) is 6.32. The number of nitrogens with zero attached hydrogens (tertiary/aromatic N) is 4. The van der Waals surface area contributed by atoms with Crippen LogP contribution >= 0.6 is 0 Å². The number of likely N-dealkylation sites (tertiary alicyclic amines) is 1. The van der Waals surface area contributed by atoms with Crippen LogP contribution in [0.2, 0.25) is 0 Å². The van der Waals surface area contributed by atoms with Gasteiger partial charge in [-0.3, -0.25) is 14.6 Å². The molecule has 5 rings (SSSR count). The molecule has 2 fully saturated rings. The molecule has 0 spiro atoms. The number of hydrogen-bond acceptors (Lipinski definition) is 4. The van der Waals surface area contributed by atoms with Gasteiger partial charge in [-0.25, -0.2) is 9.67 Å². The van der Waals surface area contributed by atoms with E-state index < -0.39 is 0 Å². The largest absolute Gasteiger partial charge is 0.339 e. The van der Waals surface area contributed by atoms with E-state index in [-0.39, 0.29) is 11.5 Å². The molecular weight excluding hydrogens is 342 g/mol. The fraction of sp³-hybridized carbons (Fsp3) is 0.600. The molecule has 142 valence electrons. The first-order valence-corrected chi connectivity index (χ1v) is 10.1. The summed E-state index contributed by atoms with van der Waals surface area (Å²) in [6.07, 6.45) is 9.16. The quantitative estimate of drug-likeness (QED) is 0.899. The zero-order valence-corrected chi connectivity index (χ0v) is 15.7. The molecule has 2 aromatic rings. The van der Waals surface area contributed by atoms with Crippen LogP contribution in [-0.2, 0) is 12.8 Å². The average Bonchev–Trinajstić information content (AvgIpc) is 3.29. The normalized spacial score (nSPS) is 20.1. The van der Waals surface area contributed by atoms with Crippen molar-refractivity contribution in [3.63, 3.8) is 0 Å². The molecule has 0 unspecified atom stereocenters. The van der Waals surface area contributed by atoms with Gasteiger partial charge in [0.05, 0.1) is 23.1 Å². The maximum absolute atomic E-state index is 13.0. The average molecular weight is 367 g/mol. The number of aromatic amines is 1. The predicted molar refractivity (Wildman–Crippen MR) is 100 cm³/mol. The Morgan fingerprint density at radius 2 is 1.89 bits per heavy atom. The summed E-state index contributed by atoms with van der Waals surface area (Å²) in [7, 11) is 0. The second-order valence-electron chi connectivity index (χ2n) is 8.19. The molecule has 0 radical (unpaired) electrons. The lowest BCUT2D eigenvalue weighted by Gasteiger charge is -2.32. The van der Waals surface area contributed by atoms with Crippen molar-refractivity contribution in [2.24, 2.45) is 11.8 Å². The topological polar surface area (TPSA) is 83.9 Å². The van der Waals surface area contributed by atoms with Gasteiger partial charge in [-0.15, -0.1) is 0 Å². The maximum atomic E-state index is 13.0. The minimum absolute atomic E-state index is 0.0384. The summed E-state index contributed by atoms with van der Waals surface area (Å²) >= 11 is 0. The van der Waals surface area contributed by atoms with Gasteiger partial charge in [0.15, 0.2) is 0 Å². The number of nitrogens with one attached hydrogen (secondary N) is 1. The fourth-order valence-electron chi connectivity index (χ4n) is 4.67. The Morgan fingerprint density at radius 3 is 2.63 bits per heavy atom. The standard InChI is InChI=1S/C20H25N5O2/c1-12-16(19(27)24-9-7-14(8-10-24)13-5-6-13)11-21-25(12)20-22-17-4-2-3-15(17)18(26)23-20/h11,13-14H,2-10H2,1H3,(H,22,23,26). The zero-order valence-electron chi connectivity index (χ0n) is 15.7. The van der Waals surface area contributed by atoms with Gasteiger partial charge in [-0.1, -0.05) is 0 Å². The van der Waals surface area contributed by atoms with E-state index in [1.165, 1.54) is 12.8 Å². The van der Waals surface area contributed by atoms with Crippen molar-refractivity contribution in [2.45, 2.75) is 51.9 Å². The maximum Gasteiger partial charge on any atom is 0.257 e. The first-order chi connectivity index (χ1) is 13.1. The molecule has 1 saturated carbocycles. The summed E-state index contributed by atoms with van der Waals surface area (Å²) in [6.45, 7) is 3.53. The van der Waals surface area contributed by atoms with Crippen molar-refractivity contribution in [2.75, 3.05) is 13.1 Å². The van der Waals surface area contributed by atoms with Crippen molar-refractivity contribution in [3.05, 3.63) is 39.1 Å². The number of carbonyl (C=O) groups is 1. The monoisotopic (exact) mass is 367 g/mol. The number of fused-ring (bicyclic) bond motifs is 1. The summed E-state index contributed by atoms with van der Waals surface area (Å²) in [5.41, 5.74) is 2.89. The molecule has 3 heterocycles. The molecule has 1 N–H and O–H groups in total. The Kier molecular flexibility index (Phi) is 3.91. The fourth-order valence-corrected chi connectivity index (χ4v) is 4.67. The molecule has 1 aliphatic heterocycles. The van der Waals surface area contributed by atoms with E-state index in [1.54, 1.807) is 10.9 Å². The lowest BCUT2D eigenvalue weighted by atomic mass is 9.92. The van der Waals surface area contributed by atoms with Crippen LogP contribution in [0.1, 0.15) is 59.4 Å². The number of aromatic nitrogens is 4. The molecule has 0 bridgehead atoms. The van der Waals surface area contributed by atoms with Crippen molar-refractivity contribution in [1.29, 1.82) is 0 Å². The summed E-state index contributed by atoms with van der Waals surface area (Å²) in [5.74, 6) is 2.16. The first-order valence-electron chi connectivity index (χ1n) is 10.1. The van der Waals surface area contributed by atoms with Crippen molar-refractivity contribution >= 4 is 5.91 Å². The van der Waals surface area contributed by atoms with Crippen LogP contribution in [0, 0.1) is 18.8 Å².